The number of phenolic OH excluding ortho intramolecular Hbond substituents is 1. The first-order valence-corrected chi connectivity index (χ1v) is 8.03. The number of fused-ring (bicyclic) bond motifs is 3. The molecule has 0 amide bonds. The molecule has 4 rings (SSSR count). The van der Waals surface area contributed by atoms with Crippen LogP contribution < -0.4 is 5.32 Å². The zero-order chi connectivity index (χ0) is 16.1. The lowest BCUT2D eigenvalue weighted by atomic mass is 9.99. The molecule has 1 atom stereocenters. The van der Waals surface area contributed by atoms with Gasteiger partial charge in [0.25, 0.3) is 0 Å². The molecular formula is C18H14Cl2N2O. The van der Waals surface area contributed by atoms with Crippen molar-refractivity contribution < 1.29 is 5.11 Å². The van der Waals surface area contributed by atoms with Gasteiger partial charge in [0.2, 0.25) is 0 Å². The predicted octanol–water partition coefficient (Wildman–Crippen LogP) is 5.31. The third-order valence-corrected chi connectivity index (χ3v) is 4.66. The van der Waals surface area contributed by atoms with Crippen molar-refractivity contribution >= 4 is 28.9 Å². The van der Waals surface area contributed by atoms with Gasteiger partial charge in [0.1, 0.15) is 5.75 Å². The molecule has 2 aromatic carbocycles. The molecule has 0 aliphatic carbocycles. The fourth-order valence-corrected chi connectivity index (χ4v) is 3.61. The molecule has 1 aliphatic rings. The van der Waals surface area contributed by atoms with Crippen LogP contribution in [0.2, 0.25) is 10.0 Å². The van der Waals surface area contributed by atoms with Crippen LogP contribution in [0.3, 0.4) is 0 Å². The summed E-state index contributed by atoms with van der Waals surface area (Å²) in [5, 5.41) is 14.6. The molecule has 1 aliphatic heterocycles. The highest BCUT2D eigenvalue weighted by Gasteiger charge is 2.28. The Labute approximate surface area is 144 Å². The summed E-state index contributed by atoms with van der Waals surface area (Å²) in [6.45, 7) is 2.05. The lowest BCUT2D eigenvalue weighted by Gasteiger charge is -2.30. The number of benzene rings is 2. The number of nitrogens with zero attached hydrogens (tertiary/aromatic N) is 1. The number of rotatable bonds is 1. The third-order valence-electron chi connectivity index (χ3n) is 4.16. The van der Waals surface area contributed by atoms with E-state index in [4.69, 9.17) is 23.2 Å². The highest BCUT2D eigenvalue weighted by molar-refractivity contribution is 6.35. The van der Waals surface area contributed by atoms with E-state index in [1.165, 1.54) is 5.56 Å². The van der Waals surface area contributed by atoms with Crippen molar-refractivity contribution in [2.45, 2.75) is 13.0 Å². The van der Waals surface area contributed by atoms with Crippen molar-refractivity contribution in [3.05, 3.63) is 75.5 Å². The predicted molar refractivity (Wildman–Crippen MR) is 94.1 cm³/mol. The van der Waals surface area contributed by atoms with E-state index in [9.17, 15) is 5.11 Å². The first kappa shape index (κ1) is 14.5. The van der Waals surface area contributed by atoms with Crippen molar-refractivity contribution in [2.75, 3.05) is 5.32 Å². The van der Waals surface area contributed by atoms with Gasteiger partial charge in [-0.05, 0) is 48.9 Å². The van der Waals surface area contributed by atoms with E-state index in [2.05, 4.69) is 35.0 Å². The summed E-state index contributed by atoms with van der Waals surface area (Å²) in [5.41, 5.74) is 4.94. The van der Waals surface area contributed by atoms with E-state index < -0.39 is 0 Å². The quantitative estimate of drug-likeness (QED) is 0.627. The molecule has 0 spiro atoms. The molecule has 116 valence electrons. The SMILES string of the molecule is Cc1ccc2c(c1)N[C@H](c1cc(Cl)cc(Cl)c1O)c1cccn1-2. The highest BCUT2D eigenvalue weighted by atomic mass is 35.5. The Kier molecular flexibility index (Phi) is 3.29. The number of aryl methyl sites for hydroxylation is 1. The second-order valence-corrected chi connectivity index (χ2v) is 6.57. The van der Waals surface area contributed by atoms with E-state index >= 15 is 0 Å². The van der Waals surface area contributed by atoms with Gasteiger partial charge in [-0.3, -0.25) is 0 Å². The van der Waals surface area contributed by atoms with Crippen LogP contribution >= 0.6 is 23.2 Å². The molecule has 0 bridgehead atoms. The maximum atomic E-state index is 10.4. The molecular weight excluding hydrogens is 331 g/mol. The van der Waals surface area contributed by atoms with Crippen molar-refractivity contribution in [3.63, 3.8) is 0 Å². The Bertz CT molecular complexity index is 917. The number of hydrogen-bond acceptors (Lipinski definition) is 2. The second kappa shape index (κ2) is 5.22. The molecule has 23 heavy (non-hydrogen) atoms. The summed E-state index contributed by atoms with van der Waals surface area (Å²) < 4.78 is 2.12. The lowest BCUT2D eigenvalue weighted by Crippen LogP contribution is -2.22. The van der Waals surface area contributed by atoms with Gasteiger partial charge >= 0.3 is 0 Å². The van der Waals surface area contributed by atoms with Crippen molar-refractivity contribution in [2.24, 2.45) is 0 Å². The minimum atomic E-state index is -0.226. The number of anilines is 1. The standard InChI is InChI=1S/C18H14Cl2N2O/c1-10-4-5-15-14(7-10)21-17(16-3-2-6-22(15)16)12-8-11(19)9-13(20)18(12)23/h2-9,17,21,23H,1H3/t17-/m1/s1. The molecule has 2 N–H and O–H groups in total. The van der Waals surface area contributed by atoms with Gasteiger partial charge in [0.05, 0.1) is 22.4 Å². The molecule has 0 radical (unpaired) electrons. The topological polar surface area (TPSA) is 37.2 Å². The molecule has 3 nitrogen and oxygen atoms in total. The lowest BCUT2D eigenvalue weighted by molar-refractivity contribution is 0.466. The zero-order valence-electron chi connectivity index (χ0n) is 12.3. The first-order valence-electron chi connectivity index (χ1n) is 7.27. The second-order valence-electron chi connectivity index (χ2n) is 5.73. The molecule has 0 fully saturated rings. The van der Waals surface area contributed by atoms with Gasteiger partial charge in [-0.25, -0.2) is 0 Å². The van der Waals surface area contributed by atoms with Gasteiger partial charge in [0.15, 0.2) is 0 Å². The summed E-state index contributed by atoms with van der Waals surface area (Å²) in [4.78, 5) is 0. The van der Waals surface area contributed by atoms with Crippen LogP contribution in [0.4, 0.5) is 5.69 Å². The van der Waals surface area contributed by atoms with Gasteiger partial charge in [-0.15, -0.1) is 0 Å². The summed E-state index contributed by atoms with van der Waals surface area (Å²) in [6, 6.07) is 13.3. The van der Waals surface area contributed by atoms with Crippen LogP contribution in [0.5, 0.6) is 5.75 Å². The number of hydrogen-bond donors (Lipinski definition) is 2. The third kappa shape index (κ3) is 2.28. The van der Waals surface area contributed by atoms with Gasteiger partial charge < -0.3 is 15.0 Å². The zero-order valence-corrected chi connectivity index (χ0v) is 13.9. The van der Waals surface area contributed by atoms with Gasteiger partial charge in [-0.1, -0.05) is 29.3 Å². The number of phenols is 1. The van der Waals surface area contributed by atoms with Crippen LogP contribution in [-0.4, -0.2) is 9.67 Å². The van der Waals surface area contributed by atoms with Gasteiger partial charge in [-0.2, -0.15) is 0 Å². The van der Waals surface area contributed by atoms with Crippen LogP contribution in [0.1, 0.15) is 22.9 Å². The van der Waals surface area contributed by atoms with E-state index in [1.54, 1.807) is 12.1 Å². The fourth-order valence-electron chi connectivity index (χ4n) is 3.10. The molecule has 5 heteroatoms. The highest BCUT2D eigenvalue weighted by Crippen LogP contribution is 2.43. The molecule has 2 heterocycles. The Morgan fingerprint density at radius 2 is 1.96 bits per heavy atom. The van der Waals surface area contributed by atoms with Crippen molar-refractivity contribution in [1.29, 1.82) is 0 Å². The minimum Gasteiger partial charge on any atom is -0.506 e. The van der Waals surface area contributed by atoms with E-state index in [0.717, 1.165) is 17.1 Å². The summed E-state index contributed by atoms with van der Waals surface area (Å²) >= 11 is 12.2. The van der Waals surface area contributed by atoms with Crippen molar-refractivity contribution in [3.8, 4) is 11.4 Å². The Hall–Kier alpha value is -2.10. The molecule has 0 saturated carbocycles. The minimum absolute atomic E-state index is 0.0532. The normalized spacial score (nSPS) is 15.7. The van der Waals surface area contributed by atoms with Gasteiger partial charge in [0, 0.05) is 22.5 Å². The van der Waals surface area contributed by atoms with E-state index in [-0.39, 0.29) is 16.8 Å². The Morgan fingerprint density at radius 3 is 2.78 bits per heavy atom. The summed E-state index contributed by atoms with van der Waals surface area (Å²) in [6.07, 6.45) is 2.01. The molecule has 0 saturated heterocycles. The Balaban J connectivity index is 1.93. The largest absolute Gasteiger partial charge is 0.506 e. The van der Waals surface area contributed by atoms with Crippen LogP contribution in [-0.2, 0) is 0 Å². The molecule has 1 aromatic heterocycles. The fraction of sp³-hybridized carbons (Fsp3) is 0.111. The average molecular weight is 345 g/mol. The summed E-state index contributed by atoms with van der Waals surface area (Å²) in [5.74, 6) is 0.0532. The number of halogens is 2. The monoisotopic (exact) mass is 344 g/mol. The number of aromatic nitrogens is 1. The van der Waals surface area contributed by atoms with Crippen LogP contribution in [0.15, 0.2) is 48.7 Å². The molecule has 3 aromatic rings. The number of aromatic hydroxyl groups is 1. The average Bonchev–Trinajstić information content (AvgIpc) is 2.99. The van der Waals surface area contributed by atoms with Crippen LogP contribution in [0.25, 0.3) is 5.69 Å². The first-order chi connectivity index (χ1) is 11.0. The van der Waals surface area contributed by atoms with Crippen LogP contribution in [0, 0.1) is 6.92 Å². The maximum absolute atomic E-state index is 10.4. The van der Waals surface area contributed by atoms with Crippen molar-refractivity contribution in [1.82, 2.24) is 4.57 Å². The Morgan fingerprint density at radius 1 is 1.13 bits per heavy atom. The smallest absolute Gasteiger partial charge is 0.139 e. The van der Waals surface area contributed by atoms with E-state index in [1.807, 2.05) is 18.3 Å². The maximum Gasteiger partial charge on any atom is 0.139 e. The number of nitrogens with one attached hydrogen (secondary N) is 1. The summed E-state index contributed by atoms with van der Waals surface area (Å²) in [7, 11) is 0. The molecule has 0 unspecified atom stereocenters. The van der Waals surface area contributed by atoms with E-state index in [0.29, 0.717) is 10.6 Å².